The molecule has 128 valence electrons. The number of carbonyl (C=O) groups excluding carboxylic acids is 1. The Hall–Kier alpha value is -0.810. The van der Waals surface area contributed by atoms with Crippen molar-refractivity contribution in [3.05, 3.63) is 0 Å². The zero-order valence-corrected chi connectivity index (χ0v) is 14.5. The van der Waals surface area contributed by atoms with Crippen LogP contribution in [-0.2, 0) is 4.74 Å². The monoisotopic (exact) mass is 311 g/mol. The molecule has 0 bridgehead atoms. The number of nitrogens with zero attached hydrogens (tertiary/aromatic N) is 1. The van der Waals surface area contributed by atoms with E-state index >= 15 is 0 Å². The molecule has 1 amide bonds. The van der Waals surface area contributed by atoms with Crippen molar-refractivity contribution in [3.63, 3.8) is 0 Å². The summed E-state index contributed by atoms with van der Waals surface area (Å²) >= 11 is 0. The Balaban J connectivity index is 1.79. The smallest absolute Gasteiger partial charge is 0.408 e. The molecule has 0 spiro atoms. The van der Waals surface area contributed by atoms with Crippen molar-refractivity contribution in [2.24, 2.45) is 0 Å². The number of nitrogens with one attached hydrogen (secondary N) is 2. The molecule has 1 aliphatic heterocycles. The van der Waals surface area contributed by atoms with Gasteiger partial charge in [0.15, 0.2) is 0 Å². The number of ether oxygens (including phenoxy) is 1. The summed E-state index contributed by atoms with van der Waals surface area (Å²) in [5.41, 5.74) is -0.457. The van der Waals surface area contributed by atoms with Crippen LogP contribution in [0.5, 0.6) is 0 Å². The lowest BCUT2D eigenvalue weighted by Gasteiger charge is -2.33. The molecule has 0 aromatic heterocycles. The fraction of sp³-hybridized carbons (Fsp3) is 0.941. The minimum absolute atomic E-state index is 0.0314. The lowest BCUT2D eigenvalue weighted by atomic mass is 9.91. The number of hydrogen-bond donors (Lipinski definition) is 2. The number of amides is 1. The number of piperazine rings is 1. The highest BCUT2D eigenvalue weighted by Crippen LogP contribution is 2.34. The van der Waals surface area contributed by atoms with Crippen LogP contribution in [0.1, 0.15) is 59.3 Å². The van der Waals surface area contributed by atoms with Gasteiger partial charge in [0, 0.05) is 31.7 Å². The maximum atomic E-state index is 12.1. The SMILES string of the molecule is CC(C)(C)OC(=O)NC1(CCCN2CCNCC2)CCCC1. The molecule has 0 aromatic carbocycles. The Morgan fingerprint density at radius 3 is 2.45 bits per heavy atom. The molecule has 2 fully saturated rings. The number of rotatable bonds is 5. The third-order valence-corrected chi connectivity index (χ3v) is 4.67. The molecule has 2 aliphatic rings. The van der Waals surface area contributed by atoms with Crippen LogP contribution in [0.25, 0.3) is 0 Å². The van der Waals surface area contributed by atoms with E-state index in [9.17, 15) is 4.79 Å². The van der Waals surface area contributed by atoms with Gasteiger partial charge in [-0.2, -0.15) is 0 Å². The van der Waals surface area contributed by atoms with E-state index in [1.165, 1.54) is 12.8 Å². The fourth-order valence-electron chi connectivity index (χ4n) is 3.59. The molecule has 1 aliphatic carbocycles. The van der Waals surface area contributed by atoms with Crippen LogP contribution in [0.2, 0.25) is 0 Å². The molecule has 0 aromatic rings. The van der Waals surface area contributed by atoms with Gasteiger partial charge in [-0.25, -0.2) is 4.79 Å². The molecular formula is C17H33N3O2. The van der Waals surface area contributed by atoms with Crippen LogP contribution in [0.3, 0.4) is 0 Å². The van der Waals surface area contributed by atoms with Crippen LogP contribution in [-0.4, -0.2) is 54.9 Å². The molecule has 0 radical (unpaired) electrons. The largest absolute Gasteiger partial charge is 0.444 e. The number of alkyl carbamates (subject to hydrolysis) is 1. The first kappa shape index (κ1) is 17.5. The quantitative estimate of drug-likeness (QED) is 0.819. The standard InChI is InChI=1S/C17H33N3O2/c1-16(2,3)22-15(21)19-17(7-4-5-8-17)9-6-12-20-13-10-18-11-14-20/h18H,4-14H2,1-3H3,(H,19,21). The van der Waals surface area contributed by atoms with Crippen molar-refractivity contribution in [1.29, 1.82) is 0 Å². The second-order valence-electron chi connectivity index (χ2n) is 7.81. The summed E-state index contributed by atoms with van der Waals surface area (Å²) in [6.45, 7) is 11.4. The van der Waals surface area contributed by atoms with Gasteiger partial charge in [0.2, 0.25) is 0 Å². The summed E-state index contributed by atoms with van der Waals surface area (Å²) in [5, 5.41) is 6.58. The van der Waals surface area contributed by atoms with Crippen LogP contribution in [0.4, 0.5) is 4.79 Å². The van der Waals surface area contributed by atoms with E-state index in [2.05, 4.69) is 15.5 Å². The van der Waals surface area contributed by atoms with Crippen LogP contribution >= 0.6 is 0 Å². The Labute approximate surface area is 135 Å². The Morgan fingerprint density at radius 1 is 1.23 bits per heavy atom. The third-order valence-electron chi connectivity index (χ3n) is 4.67. The maximum Gasteiger partial charge on any atom is 0.408 e. The summed E-state index contributed by atoms with van der Waals surface area (Å²) in [7, 11) is 0. The molecule has 0 atom stereocenters. The van der Waals surface area contributed by atoms with E-state index in [4.69, 9.17) is 4.74 Å². The number of carbonyl (C=O) groups is 1. The highest BCUT2D eigenvalue weighted by Gasteiger charge is 2.36. The van der Waals surface area contributed by atoms with Gasteiger partial charge in [0.25, 0.3) is 0 Å². The Morgan fingerprint density at radius 2 is 1.86 bits per heavy atom. The molecular weight excluding hydrogens is 278 g/mol. The highest BCUT2D eigenvalue weighted by molar-refractivity contribution is 5.68. The van der Waals surface area contributed by atoms with Crippen molar-refractivity contribution in [3.8, 4) is 0 Å². The van der Waals surface area contributed by atoms with E-state index in [0.717, 1.165) is 58.4 Å². The molecule has 2 rings (SSSR count). The first-order valence-corrected chi connectivity index (χ1v) is 8.83. The van der Waals surface area contributed by atoms with Crippen molar-refractivity contribution in [1.82, 2.24) is 15.5 Å². The van der Waals surface area contributed by atoms with E-state index in [-0.39, 0.29) is 11.6 Å². The minimum atomic E-state index is -0.426. The summed E-state index contributed by atoms with van der Waals surface area (Å²) in [6.07, 6.45) is 6.57. The fourth-order valence-corrected chi connectivity index (χ4v) is 3.59. The summed E-state index contributed by atoms with van der Waals surface area (Å²) in [5.74, 6) is 0. The van der Waals surface area contributed by atoms with Crippen LogP contribution in [0, 0.1) is 0 Å². The van der Waals surface area contributed by atoms with Gasteiger partial charge in [-0.15, -0.1) is 0 Å². The maximum absolute atomic E-state index is 12.1. The minimum Gasteiger partial charge on any atom is -0.444 e. The average molecular weight is 311 g/mol. The first-order valence-electron chi connectivity index (χ1n) is 8.83. The van der Waals surface area contributed by atoms with Crippen molar-refractivity contribution >= 4 is 6.09 Å². The predicted octanol–water partition coefficient (Wildman–Crippen LogP) is 2.51. The van der Waals surface area contributed by atoms with E-state index in [1.54, 1.807) is 0 Å². The molecule has 1 saturated carbocycles. The highest BCUT2D eigenvalue weighted by atomic mass is 16.6. The zero-order valence-electron chi connectivity index (χ0n) is 14.5. The Bertz CT molecular complexity index is 353. The molecule has 2 N–H and O–H groups in total. The van der Waals surface area contributed by atoms with E-state index in [1.807, 2.05) is 20.8 Å². The molecule has 1 heterocycles. The third kappa shape index (κ3) is 5.76. The van der Waals surface area contributed by atoms with Gasteiger partial charge in [0.1, 0.15) is 5.60 Å². The van der Waals surface area contributed by atoms with Crippen molar-refractivity contribution in [2.75, 3.05) is 32.7 Å². The van der Waals surface area contributed by atoms with E-state index in [0.29, 0.717) is 0 Å². The van der Waals surface area contributed by atoms with Crippen molar-refractivity contribution < 1.29 is 9.53 Å². The molecule has 5 nitrogen and oxygen atoms in total. The van der Waals surface area contributed by atoms with Crippen LogP contribution in [0.15, 0.2) is 0 Å². The van der Waals surface area contributed by atoms with E-state index < -0.39 is 5.60 Å². The predicted molar refractivity (Wildman–Crippen MR) is 89.1 cm³/mol. The summed E-state index contributed by atoms with van der Waals surface area (Å²) < 4.78 is 5.45. The normalized spacial score (nSPS) is 22.5. The lowest BCUT2D eigenvalue weighted by Crippen LogP contribution is -2.49. The molecule has 5 heteroatoms. The van der Waals surface area contributed by atoms with Gasteiger partial charge >= 0.3 is 6.09 Å². The first-order chi connectivity index (χ1) is 10.4. The Kier molecular flexibility index (Phi) is 6.09. The zero-order chi connectivity index (χ0) is 16.1. The summed E-state index contributed by atoms with van der Waals surface area (Å²) in [6, 6.07) is 0. The average Bonchev–Trinajstić information content (AvgIpc) is 2.86. The second-order valence-corrected chi connectivity index (χ2v) is 7.81. The summed E-state index contributed by atoms with van der Waals surface area (Å²) in [4.78, 5) is 14.7. The van der Waals surface area contributed by atoms with Gasteiger partial charge in [0.05, 0.1) is 0 Å². The lowest BCUT2D eigenvalue weighted by molar-refractivity contribution is 0.0447. The van der Waals surface area contributed by atoms with Gasteiger partial charge in [-0.1, -0.05) is 12.8 Å². The van der Waals surface area contributed by atoms with Gasteiger partial charge < -0.3 is 20.3 Å². The number of hydrogen-bond acceptors (Lipinski definition) is 4. The van der Waals surface area contributed by atoms with Crippen LogP contribution < -0.4 is 10.6 Å². The van der Waals surface area contributed by atoms with Crippen molar-refractivity contribution in [2.45, 2.75) is 70.4 Å². The molecule has 1 saturated heterocycles. The van der Waals surface area contributed by atoms with Gasteiger partial charge in [-0.05, 0) is 53.0 Å². The second kappa shape index (κ2) is 7.64. The topological polar surface area (TPSA) is 53.6 Å². The van der Waals surface area contributed by atoms with Gasteiger partial charge in [-0.3, -0.25) is 0 Å². The molecule has 22 heavy (non-hydrogen) atoms. The molecule has 0 unspecified atom stereocenters.